The quantitative estimate of drug-likeness (QED) is 0.0261. The highest BCUT2D eigenvalue weighted by atomic mass is 16.6. The summed E-state index contributed by atoms with van der Waals surface area (Å²) in [4.78, 5) is 38.4. The molecule has 0 radical (unpaired) electrons. The lowest BCUT2D eigenvalue weighted by atomic mass is 10.0. The van der Waals surface area contributed by atoms with Crippen molar-refractivity contribution in [1.29, 1.82) is 0 Å². The van der Waals surface area contributed by atoms with Crippen LogP contribution < -0.4 is 0 Å². The molecule has 0 aromatic rings. The maximum Gasteiger partial charge on any atom is 0.306 e. The average Bonchev–Trinajstić information content (AvgIpc) is 3.49. The Morgan fingerprint density at radius 1 is 0.253 bits per heavy atom. The molecule has 0 aliphatic heterocycles. The van der Waals surface area contributed by atoms with Gasteiger partial charge in [-0.1, -0.05) is 289 Å². The van der Waals surface area contributed by atoms with Gasteiger partial charge in [0.05, 0.1) is 0 Å². The van der Waals surface area contributed by atoms with Gasteiger partial charge in [-0.05, 0) is 141 Å². The number of unbranched alkanes of at least 4 members (excludes halogenated alkanes) is 26. The van der Waals surface area contributed by atoms with Gasteiger partial charge in [0.1, 0.15) is 13.2 Å². The maximum atomic E-state index is 12.9. The lowest BCUT2D eigenvalue weighted by Gasteiger charge is -2.18. The fourth-order valence-corrected chi connectivity index (χ4v) is 9.23. The normalized spacial score (nSPS) is 13.0. The molecule has 0 aromatic heterocycles. The molecule has 0 saturated carbocycles. The number of rotatable bonds is 61. The first-order chi connectivity index (χ1) is 41.0. The molecule has 0 aliphatic carbocycles. The zero-order valence-corrected chi connectivity index (χ0v) is 53.9. The molecule has 0 aromatic carbocycles. The van der Waals surface area contributed by atoms with Crippen molar-refractivity contribution in [3.8, 4) is 0 Å². The highest BCUT2D eigenvalue weighted by molar-refractivity contribution is 5.71. The van der Waals surface area contributed by atoms with Crippen LogP contribution in [0.3, 0.4) is 0 Å². The van der Waals surface area contributed by atoms with Crippen LogP contribution in [0.2, 0.25) is 0 Å². The summed E-state index contributed by atoms with van der Waals surface area (Å²) in [5.41, 5.74) is 0. The van der Waals surface area contributed by atoms with Gasteiger partial charge in [0.25, 0.3) is 0 Å². The summed E-state index contributed by atoms with van der Waals surface area (Å²) in [6.45, 7) is 6.38. The minimum absolute atomic E-state index is 0.105. The van der Waals surface area contributed by atoms with Crippen LogP contribution >= 0.6 is 0 Å². The summed E-state index contributed by atoms with van der Waals surface area (Å²) >= 11 is 0. The largest absolute Gasteiger partial charge is 0.462 e. The van der Waals surface area contributed by atoms with E-state index >= 15 is 0 Å². The summed E-state index contributed by atoms with van der Waals surface area (Å²) in [5.74, 6) is -0.955. The van der Waals surface area contributed by atoms with E-state index in [1.807, 2.05) is 0 Å². The van der Waals surface area contributed by atoms with Crippen LogP contribution in [0.1, 0.15) is 303 Å². The van der Waals surface area contributed by atoms with E-state index in [-0.39, 0.29) is 31.1 Å². The highest BCUT2D eigenvalue weighted by Crippen LogP contribution is 2.16. The fourth-order valence-electron chi connectivity index (χ4n) is 9.23. The second kappa shape index (κ2) is 69.8. The van der Waals surface area contributed by atoms with Gasteiger partial charge in [-0.15, -0.1) is 0 Å². The minimum atomic E-state index is -0.809. The van der Waals surface area contributed by atoms with Crippen LogP contribution in [0.5, 0.6) is 0 Å². The number of hydrogen-bond donors (Lipinski definition) is 0. The predicted octanol–water partition coefficient (Wildman–Crippen LogP) is 23.9. The lowest BCUT2D eigenvalue weighted by Crippen LogP contribution is -2.30. The molecular formula is C77H126O6. The Bertz CT molecular complexity index is 1800. The molecule has 83 heavy (non-hydrogen) atoms. The smallest absolute Gasteiger partial charge is 0.306 e. The SMILES string of the molecule is CC/C=C\C/C=C\C/C=C\C/C=C\C/C=C\C/C=C\C/C=C\C/C=C\CCCCCCC(=O)OCC(COC(=O)CCCCC/C=C\C/C=C\C/C=C\CC)OC(=O)CCCCCCCCCCCCC/C=C\CCCCCCCCCC. The van der Waals surface area contributed by atoms with Crippen molar-refractivity contribution >= 4 is 17.9 Å². The second-order valence-corrected chi connectivity index (χ2v) is 22.3. The molecule has 0 spiro atoms. The number of carbonyl (C=O) groups is 3. The van der Waals surface area contributed by atoms with E-state index in [9.17, 15) is 14.4 Å². The molecule has 1 unspecified atom stereocenters. The van der Waals surface area contributed by atoms with E-state index in [2.05, 4.69) is 167 Å². The molecule has 0 heterocycles. The molecular weight excluding hydrogens is 1020 g/mol. The van der Waals surface area contributed by atoms with Crippen molar-refractivity contribution < 1.29 is 28.6 Å². The van der Waals surface area contributed by atoms with Gasteiger partial charge in [-0.2, -0.15) is 0 Å². The van der Waals surface area contributed by atoms with Crippen LogP contribution in [0.25, 0.3) is 0 Å². The van der Waals surface area contributed by atoms with E-state index in [0.717, 1.165) is 148 Å². The molecule has 0 fully saturated rings. The number of hydrogen-bond acceptors (Lipinski definition) is 6. The zero-order valence-electron chi connectivity index (χ0n) is 53.9. The van der Waals surface area contributed by atoms with E-state index < -0.39 is 6.10 Å². The third-order valence-electron chi connectivity index (χ3n) is 14.3. The Hall–Kier alpha value is -4.71. The van der Waals surface area contributed by atoms with Crippen LogP contribution in [0, 0.1) is 0 Å². The molecule has 0 N–H and O–H groups in total. The molecule has 0 aliphatic rings. The highest BCUT2D eigenvalue weighted by Gasteiger charge is 2.19. The van der Waals surface area contributed by atoms with E-state index in [1.165, 1.54) is 116 Å². The van der Waals surface area contributed by atoms with Gasteiger partial charge >= 0.3 is 17.9 Å². The molecule has 6 heteroatoms. The summed E-state index contributed by atoms with van der Waals surface area (Å²) in [5, 5.41) is 0. The Morgan fingerprint density at radius 3 is 0.759 bits per heavy atom. The first kappa shape index (κ1) is 78.3. The molecule has 0 saturated heterocycles. The van der Waals surface area contributed by atoms with Crippen LogP contribution in [0.4, 0.5) is 0 Å². The number of ether oxygens (including phenoxy) is 3. The van der Waals surface area contributed by atoms with Crippen molar-refractivity contribution in [1.82, 2.24) is 0 Å². The molecule has 0 bridgehead atoms. The molecule has 0 rings (SSSR count). The number of allylic oxidation sites excluding steroid dienone is 24. The third kappa shape index (κ3) is 68.0. The van der Waals surface area contributed by atoms with Crippen molar-refractivity contribution in [2.45, 2.75) is 309 Å². The van der Waals surface area contributed by atoms with Crippen LogP contribution in [-0.2, 0) is 28.6 Å². The van der Waals surface area contributed by atoms with Gasteiger partial charge in [-0.3, -0.25) is 14.4 Å². The van der Waals surface area contributed by atoms with Gasteiger partial charge < -0.3 is 14.2 Å². The van der Waals surface area contributed by atoms with Crippen molar-refractivity contribution in [3.05, 3.63) is 146 Å². The topological polar surface area (TPSA) is 78.9 Å². The summed E-state index contributed by atoms with van der Waals surface area (Å²) in [6, 6.07) is 0. The van der Waals surface area contributed by atoms with Gasteiger partial charge in [0.2, 0.25) is 0 Å². The summed E-state index contributed by atoms with van der Waals surface area (Å²) in [7, 11) is 0. The van der Waals surface area contributed by atoms with E-state index in [0.29, 0.717) is 19.3 Å². The Balaban J connectivity index is 4.39. The minimum Gasteiger partial charge on any atom is -0.462 e. The first-order valence-corrected chi connectivity index (χ1v) is 34.3. The molecule has 6 nitrogen and oxygen atoms in total. The first-order valence-electron chi connectivity index (χ1n) is 34.3. The fraction of sp³-hybridized carbons (Fsp3) is 0.649. The van der Waals surface area contributed by atoms with Crippen molar-refractivity contribution in [2.24, 2.45) is 0 Å². The average molecular weight is 1150 g/mol. The van der Waals surface area contributed by atoms with E-state index in [1.54, 1.807) is 0 Å². The standard InChI is InChI=1S/C77H126O6/c1-4-7-10-13-16-19-22-25-27-29-31-33-35-36-37-38-39-40-42-43-45-47-49-52-55-58-61-64-67-70-76(79)82-73-74(72-81-75(78)69-66-63-60-57-54-51-24-21-18-15-12-9-6-3)83-77(80)71-68-65-62-59-56-53-50-48-46-44-41-34-32-30-28-26-23-20-17-14-11-8-5-2/h7,9-10,12,16,18-19,21,25,27,30-33,36-37,39-40,43,45,49,51-52,54,74H,4-6,8,11,13-15,17,20,22-24,26,28-29,34-35,38,41-42,44,46-48,50,53,55-73H2,1-3H3/b10-7-,12-9-,19-16-,21-18-,27-25-,32-30-,33-31-,37-36-,40-39-,45-43-,52-49-,54-51-. The van der Waals surface area contributed by atoms with Crippen LogP contribution in [0.15, 0.2) is 146 Å². The summed E-state index contributed by atoms with van der Waals surface area (Å²) < 4.78 is 16.9. The lowest BCUT2D eigenvalue weighted by molar-refractivity contribution is -0.167. The third-order valence-corrected chi connectivity index (χ3v) is 14.3. The van der Waals surface area contributed by atoms with E-state index in [4.69, 9.17) is 14.2 Å². The zero-order chi connectivity index (χ0) is 59.9. The van der Waals surface area contributed by atoms with Gasteiger partial charge in [0.15, 0.2) is 6.10 Å². The number of esters is 3. The number of carbonyl (C=O) groups excluding carboxylic acids is 3. The second-order valence-electron chi connectivity index (χ2n) is 22.3. The Kier molecular flexibility index (Phi) is 65.8. The van der Waals surface area contributed by atoms with Gasteiger partial charge in [-0.25, -0.2) is 0 Å². The van der Waals surface area contributed by atoms with Crippen molar-refractivity contribution in [2.75, 3.05) is 13.2 Å². The Morgan fingerprint density at radius 2 is 0.470 bits per heavy atom. The maximum absolute atomic E-state index is 12.9. The van der Waals surface area contributed by atoms with Crippen molar-refractivity contribution in [3.63, 3.8) is 0 Å². The Labute approximate surface area is 512 Å². The van der Waals surface area contributed by atoms with Gasteiger partial charge in [0, 0.05) is 19.3 Å². The molecule has 470 valence electrons. The monoisotopic (exact) mass is 1150 g/mol. The molecule has 0 amide bonds. The molecule has 1 atom stereocenters. The van der Waals surface area contributed by atoms with Crippen LogP contribution in [-0.4, -0.2) is 37.2 Å². The predicted molar refractivity (Wildman–Crippen MR) is 362 cm³/mol. The summed E-state index contributed by atoms with van der Waals surface area (Å²) in [6.07, 6.45) is 100.